The standard InChI is InChI=1S/C26H32BrFN4O/c1-4-6-7-19(5-2)23-14-20-12-18(13-22(27)25(20)30-23)17-31-8-10-32(11-9-31)26-24(33-3)15-21(28)16-29-26/h7,12-16,30H,4-6,8-11,17H2,1-3H3/b19-7+. The summed E-state index contributed by atoms with van der Waals surface area (Å²) in [5.41, 5.74) is 5.04. The zero-order valence-corrected chi connectivity index (χ0v) is 21.2. The molecule has 0 atom stereocenters. The Hall–Kier alpha value is -2.38. The molecule has 4 rings (SSSR count). The summed E-state index contributed by atoms with van der Waals surface area (Å²) in [6.07, 6.45) is 6.90. The molecule has 0 spiro atoms. The number of nitrogens with one attached hydrogen (secondary N) is 1. The molecule has 0 bridgehead atoms. The van der Waals surface area contributed by atoms with Crippen LogP contribution in [0.3, 0.4) is 0 Å². The number of H-pyrrole nitrogens is 1. The number of methoxy groups -OCH3 is 1. The van der Waals surface area contributed by atoms with Gasteiger partial charge in [-0.05, 0) is 58.1 Å². The molecule has 5 nitrogen and oxygen atoms in total. The van der Waals surface area contributed by atoms with E-state index in [2.05, 4.69) is 73.8 Å². The monoisotopic (exact) mass is 514 g/mol. The highest BCUT2D eigenvalue weighted by Crippen LogP contribution is 2.31. The van der Waals surface area contributed by atoms with E-state index in [-0.39, 0.29) is 5.82 Å². The van der Waals surface area contributed by atoms with Crippen LogP contribution >= 0.6 is 15.9 Å². The van der Waals surface area contributed by atoms with Gasteiger partial charge >= 0.3 is 0 Å². The third-order valence-electron chi connectivity index (χ3n) is 6.24. The number of nitrogens with zero attached hydrogens (tertiary/aromatic N) is 3. The average molecular weight is 515 g/mol. The summed E-state index contributed by atoms with van der Waals surface area (Å²) >= 11 is 3.78. The number of aromatic nitrogens is 2. The number of hydrogen-bond acceptors (Lipinski definition) is 4. The fourth-order valence-corrected chi connectivity index (χ4v) is 5.09. The van der Waals surface area contributed by atoms with Crippen LogP contribution in [0.15, 0.2) is 41.0 Å². The normalized spacial score (nSPS) is 15.4. The highest BCUT2D eigenvalue weighted by Gasteiger charge is 2.21. The number of fused-ring (bicyclic) bond motifs is 1. The van der Waals surface area contributed by atoms with E-state index in [1.54, 1.807) is 7.11 Å². The van der Waals surface area contributed by atoms with Crippen LogP contribution in [0.25, 0.3) is 16.5 Å². The second-order valence-corrected chi connectivity index (χ2v) is 9.39. The Balaban J connectivity index is 1.45. The lowest BCUT2D eigenvalue weighted by atomic mass is 10.1. The molecule has 1 aromatic carbocycles. The summed E-state index contributed by atoms with van der Waals surface area (Å²) in [4.78, 5) is 12.5. The largest absolute Gasteiger partial charge is 0.493 e. The molecule has 7 heteroatoms. The van der Waals surface area contributed by atoms with Crippen molar-refractivity contribution in [2.24, 2.45) is 0 Å². The van der Waals surface area contributed by atoms with E-state index >= 15 is 0 Å². The Labute approximate surface area is 203 Å². The van der Waals surface area contributed by atoms with Crippen LogP contribution in [-0.4, -0.2) is 48.2 Å². The highest BCUT2D eigenvalue weighted by molar-refractivity contribution is 9.10. The molecule has 1 aliphatic rings. The van der Waals surface area contributed by atoms with Crippen molar-refractivity contribution < 1.29 is 9.13 Å². The lowest BCUT2D eigenvalue weighted by molar-refractivity contribution is 0.248. The molecule has 0 radical (unpaired) electrons. The number of unbranched alkanes of at least 4 members (excludes halogenated alkanes) is 1. The van der Waals surface area contributed by atoms with Gasteiger partial charge in [-0.1, -0.05) is 26.3 Å². The minimum absolute atomic E-state index is 0.380. The Morgan fingerprint density at radius 3 is 2.67 bits per heavy atom. The lowest BCUT2D eigenvalue weighted by Crippen LogP contribution is -2.46. The second kappa shape index (κ2) is 10.7. The molecule has 1 saturated heterocycles. The summed E-state index contributed by atoms with van der Waals surface area (Å²) in [5.74, 6) is 0.820. The first-order chi connectivity index (χ1) is 16.0. The van der Waals surface area contributed by atoms with Crippen LogP contribution in [0.2, 0.25) is 0 Å². The van der Waals surface area contributed by atoms with Crippen molar-refractivity contribution in [1.29, 1.82) is 0 Å². The molecule has 3 heterocycles. The number of ether oxygens (including phenoxy) is 1. The number of hydrogen-bond donors (Lipinski definition) is 1. The molecule has 1 N–H and O–H groups in total. The summed E-state index contributed by atoms with van der Waals surface area (Å²) in [7, 11) is 1.56. The van der Waals surface area contributed by atoms with E-state index in [9.17, 15) is 4.39 Å². The Bertz CT molecular complexity index is 1130. The second-order valence-electron chi connectivity index (χ2n) is 8.54. The molecular formula is C26H32BrFN4O. The van der Waals surface area contributed by atoms with Gasteiger partial charge in [0.1, 0.15) is 5.82 Å². The third-order valence-corrected chi connectivity index (χ3v) is 6.87. The van der Waals surface area contributed by atoms with Gasteiger partial charge in [0.25, 0.3) is 0 Å². The van der Waals surface area contributed by atoms with Gasteiger partial charge in [-0.2, -0.15) is 0 Å². The number of allylic oxidation sites excluding steroid dienone is 2. The van der Waals surface area contributed by atoms with Gasteiger partial charge in [0.2, 0.25) is 0 Å². The molecule has 176 valence electrons. The van der Waals surface area contributed by atoms with Crippen molar-refractivity contribution in [2.75, 3.05) is 38.2 Å². The van der Waals surface area contributed by atoms with Gasteiger partial charge in [-0.25, -0.2) is 9.37 Å². The van der Waals surface area contributed by atoms with E-state index in [4.69, 9.17) is 4.74 Å². The number of halogens is 2. The molecule has 0 saturated carbocycles. The summed E-state index contributed by atoms with van der Waals surface area (Å²) in [5, 5.41) is 1.24. The molecule has 0 aliphatic carbocycles. The van der Waals surface area contributed by atoms with Crippen molar-refractivity contribution in [2.45, 2.75) is 39.7 Å². The predicted octanol–water partition coefficient (Wildman–Crippen LogP) is 6.39. The summed E-state index contributed by atoms with van der Waals surface area (Å²) in [6.45, 7) is 8.80. The average Bonchev–Trinajstić information content (AvgIpc) is 3.25. The van der Waals surface area contributed by atoms with Gasteiger partial charge in [-0.3, -0.25) is 4.90 Å². The Morgan fingerprint density at radius 1 is 1.18 bits per heavy atom. The Kier molecular flexibility index (Phi) is 7.71. The minimum Gasteiger partial charge on any atom is -0.493 e. The van der Waals surface area contributed by atoms with Crippen LogP contribution in [0.5, 0.6) is 5.75 Å². The topological polar surface area (TPSA) is 44.4 Å². The number of rotatable bonds is 8. The van der Waals surface area contributed by atoms with E-state index in [1.807, 2.05) is 0 Å². The number of pyridine rings is 1. The van der Waals surface area contributed by atoms with Crippen molar-refractivity contribution in [3.05, 3.63) is 58.1 Å². The van der Waals surface area contributed by atoms with Gasteiger partial charge in [0.05, 0.1) is 18.8 Å². The van der Waals surface area contributed by atoms with Crippen LogP contribution in [0.1, 0.15) is 44.4 Å². The molecular weight excluding hydrogens is 483 g/mol. The SMILES string of the molecule is CCC/C=C(\CC)c1cc2cc(CN3CCN(c4ncc(F)cc4OC)CC3)cc(Br)c2[nH]1. The first-order valence-electron chi connectivity index (χ1n) is 11.7. The highest BCUT2D eigenvalue weighted by atomic mass is 79.9. The molecule has 0 unspecified atom stereocenters. The van der Waals surface area contributed by atoms with Gasteiger partial charge in [0, 0.05) is 54.3 Å². The van der Waals surface area contributed by atoms with Crippen LogP contribution < -0.4 is 9.64 Å². The molecule has 1 aliphatic heterocycles. The zero-order valence-electron chi connectivity index (χ0n) is 19.6. The number of anilines is 1. The smallest absolute Gasteiger partial charge is 0.171 e. The third kappa shape index (κ3) is 5.41. The van der Waals surface area contributed by atoms with Crippen LogP contribution in [0, 0.1) is 5.82 Å². The van der Waals surface area contributed by atoms with Crippen molar-refractivity contribution in [1.82, 2.24) is 14.9 Å². The maximum absolute atomic E-state index is 13.5. The predicted molar refractivity (Wildman–Crippen MR) is 137 cm³/mol. The van der Waals surface area contributed by atoms with E-state index < -0.39 is 0 Å². The lowest BCUT2D eigenvalue weighted by Gasteiger charge is -2.35. The molecule has 0 amide bonds. The summed E-state index contributed by atoms with van der Waals surface area (Å²) in [6, 6.07) is 8.19. The fourth-order valence-electron chi connectivity index (χ4n) is 4.46. The van der Waals surface area contributed by atoms with Crippen LogP contribution in [-0.2, 0) is 6.54 Å². The zero-order chi connectivity index (χ0) is 23.4. The molecule has 3 aromatic rings. The maximum Gasteiger partial charge on any atom is 0.171 e. The quantitative estimate of drug-likeness (QED) is 0.378. The minimum atomic E-state index is -0.380. The van der Waals surface area contributed by atoms with E-state index in [1.165, 1.54) is 34.5 Å². The first-order valence-corrected chi connectivity index (χ1v) is 12.5. The number of aromatic amines is 1. The number of piperazine rings is 1. The van der Waals surface area contributed by atoms with Gasteiger partial charge in [0.15, 0.2) is 11.6 Å². The van der Waals surface area contributed by atoms with Crippen molar-refractivity contribution in [3.63, 3.8) is 0 Å². The van der Waals surface area contributed by atoms with Gasteiger partial charge < -0.3 is 14.6 Å². The van der Waals surface area contributed by atoms with Crippen molar-refractivity contribution in [3.8, 4) is 5.75 Å². The summed E-state index contributed by atoms with van der Waals surface area (Å²) < 4.78 is 19.9. The first kappa shape index (κ1) is 23.8. The molecule has 33 heavy (non-hydrogen) atoms. The van der Waals surface area contributed by atoms with Crippen LogP contribution in [0.4, 0.5) is 10.2 Å². The van der Waals surface area contributed by atoms with Crippen molar-refractivity contribution >= 4 is 38.2 Å². The molecule has 1 fully saturated rings. The van der Waals surface area contributed by atoms with E-state index in [0.717, 1.165) is 62.0 Å². The van der Waals surface area contributed by atoms with E-state index in [0.29, 0.717) is 11.6 Å². The van der Waals surface area contributed by atoms with Gasteiger partial charge in [-0.15, -0.1) is 0 Å². The Morgan fingerprint density at radius 2 is 1.97 bits per heavy atom. The molecule has 2 aromatic heterocycles. The number of benzene rings is 1. The fraction of sp³-hybridized carbons (Fsp3) is 0.423. The maximum atomic E-state index is 13.5.